The number of hydrogen-bond donors (Lipinski definition) is 4. The predicted molar refractivity (Wildman–Crippen MR) is 172 cm³/mol. The first-order chi connectivity index (χ1) is 21.6. The van der Waals surface area contributed by atoms with Crippen molar-refractivity contribution in [2.24, 2.45) is 23.7 Å². The highest BCUT2D eigenvalue weighted by molar-refractivity contribution is 5.94. The minimum atomic E-state index is -0.0974. The summed E-state index contributed by atoms with van der Waals surface area (Å²) in [6, 6.07) is 18.1. The molecular formula is C34H45N7O3. The molecule has 44 heavy (non-hydrogen) atoms. The van der Waals surface area contributed by atoms with Crippen LogP contribution in [0.25, 0.3) is 0 Å². The van der Waals surface area contributed by atoms with E-state index in [0.717, 1.165) is 23.7 Å². The van der Waals surface area contributed by atoms with E-state index in [1.54, 1.807) is 12.1 Å². The lowest BCUT2D eigenvalue weighted by molar-refractivity contribution is 0.00728. The molecule has 4 fully saturated rings. The molecule has 7 rings (SSSR count). The highest BCUT2D eigenvalue weighted by Gasteiger charge is 2.48. The topological polar surface area (TPSA) is 122 Å². The molecule has 1 aromatic heterocycles. The Bertz CT molecular complexity index is 1330. The molecule has 1 heterocycles. The molecule has 3 aromatic rings. The average Bonchev–Trinajstić information content (AvgIpc) is 3.03. The monoisotopic (exact) mass is 599 g/mol. The van der Waals surface area contributed by atoms with E-state index < -0.39 is 0 Å². The Hall–Kier alpha value is -3.76. The summed E-state index contributed by atoms with van der Waals surface area (Å²) in [6.07, 6.45) is 6.78. The minimum Gasteiger partial charge on any atom is -0.377 e. The van der Waals surface area contributed by atoms with Gasteiger partial charge in [-0.2, -0.15) is 15.0 Å². The number of anilines is 3. The van der Waals surface area contributed by atoms with Crippen LogP contribution in [-0.2, 0) is 16.0 Å². The molecule has 2 aromatic carbocycles. The molecule has 10 heteroatoms. The zero-order chi connectivity index (χ0) is 30.1. The van der Waals surface area contributed by atoms with E-state index in [0.29, 0.717) is 75.5 Å². The van der Waals surface area contributed by atoms with Gasteiger partial charge in [0.25, 0.3) is 5.91 Å². The van der Waals surface area contributed by atoms with E-state index in [2.05, 4.69) is 57.4 Å². The summed E-state index contributed by atoms with van der Waals surface area (Å²) in [5, 5.41) is 13.3. The summed E-state index contributed by atoms with van der Waals surface area (Å²) in [5.74, 6) is 4.92. The number of amides is 1. The molecule has 0 unspecified atom stereocenters. The Morgan fingerprint density at radius 1 is 0.727 bits per heavy atom. The van der Waals surface area contributed by atoms with Gasteiger partial charge in [-0.15, -0.1) is 0 Å². The number of benzene rings is 2. The van der Waals surface area contributed by atoms with Gasteiger partial charge < -0.3 is 30.7 Å². The fourth-order valence-corrected chi connectivity index (χ4v) is 7.28. The molecule has 0 saturated heterocycles. The fourth-order valence-electron chi connectivity index (χ4n) is 7.28. The molecular weight excluding hydrogens is 554 g/mol. The van der Waals surface area contributed by atoms with Crippen molar-refractivity contribution in [3.8, 4) is 0 Å². The Morgan fingerprint density at radius 2 is 1.34 bits per heavy atom. The maximum absolute atomic E-state index is 12.1. The summed E-state index contributed by atoms with van der Waals surface area (Å²) in [6.45, 7) is 5.59. The smallest absolute Gasteiger partial charge is 0.251 e. The molecule has 234 valence electrons. The first-order valence-electron chi connectivity index (χ1n) is 16.1. The molecule has 0 radical (unpaired) electrons. The first-order valence-corrected chi connectivity index (χ1v) is 16.1. The molecule has 4 saturated carbocycles. The number of carbonyl (C=O) groups is 1. The summed E-state index contributed by atoms with van der Waals surface area (Å²) >= 11 is 0. The van der Waals surface area contributed by atoms with Crippen molar-refractivity contribution in [1.82, 2.24) is 20.3 Å². The third kappa shape index (κ3) is 8.24. The number of ether oxygens (including phenoxy) is 2. The second kappa shape index (κ2) is 14.8. The van der Waals surface area contributed by atoms with Crippen LogP contribution >= 0.6 is 0 Å². The van der Waals surface area contributed by atoms with E-state index in [4.69, 9.17) is 19.4 Å². The van der Waals surface area contributed by atoms with Gasteiger partial charge in [0.05, 0.1) is 26.4 Å². The van der Waals surface area contributed by atoms with E-state index >= 15 is 0 Å². The van der Waals surface area contributed by atoms with Gasteiger partial charge in [0.1, 0.15) is 0 Å². The number of aryl methyl sites for hydroxylation is 1. The summed E-state index contributed by atoms with van der Waals surface area (Å²) < 4.78 is 11.3. The average molecular weight is 600 g/mol. The molecule has 10 nitrogen and oxygen atoms in total. The Labute approximate surface area is 260 Å². The van der Waals surface area contributed by atoms with Gasteiger partial charge in [0.15, 0.2) is 0 Å². The largest absolute Gasteiger partial charge is 0.377 e. The highest BCUT2D eigenvalue weighted by atomic mass is 16.5. The number of nitrogens with one attached hydrogen (secondary N) is 4. The number of aromatic nitrogens is 3. The molecule has 4 bridgehead atoms. The van der Waals surface area contributed by atoms with E-state index in [1.165, 1.54) is 43.2 Å². The molecule has 4 N–H and O–H groups in total. The van der Waals surface area contributed by atoms with Crippen LogP contribution in [0.5, 0.6) is 0 Å². The van der Waals surface area contributed by atoms with Gasteiger partial charge in [0, 0.05) is 31.2 Å². The molecule has 0 atom stereocenters. The summed E-state index contributed by atoms with van der Waals surface area (Å²) in [5.41, 5.74) is 3.06. The van der Waals surface area contributed by atoms with Gasteiger partial charge in [-0.1, -0.05) is 48.0 Å². The Morgan fingerprint density at radius 3 is 2.02 bits per heavy atom. The van der Waals surface area contributed by atoms with E-state index in [1.807, 2.05) is 18.2 Å². The normalized spacial score (nSPS) is 23.3. The van der Waals surface area contributed by atoms with Gasteiger partial charge in [0.2, 0.25) is 17.8 Å². The molecule has 0 spiro atoms. The van der Waals surface area contributed by atoms with Crippen LogP contribution < -0.4 is 21.3 Å². The lowest BCUT2D eigenvalue weighted by Gasteiger charge is -2.54. The summed E-state index contributed by atoms with van der Waals surface area (Å²) in [7, 11) is 0. The number of hydrogen-bond acceptors (Lipinski definition) is 9. The van der Waals surface area contributed by atoms with E-state index in [9.17, 15) is 4.79 Å². The lowest BCUT2D eigenvalue weighted by Crippen LogP contribution is -2.51. The third-order valence-corrected chi connectivity index (χ3v) is 9.20. The number of carbonyl (C=O) groups excluding carboxylic acids is 1. The molecule has 4 aliphatic carbocycles. The van der Waals surface area contributed by atoms with Crippen LogP contribution in [0.2, 0.25) is 0 Å². The van der Waals surface area contributed by atoms with Crippen LogP contribution in [0.3, 0.4) is 0 Å². The van der Waals surface area contributed by atoms with Crippen molar-refractivity contribution in [1.29, 1.82) is 0 Å². The second-order valence-corrected chi connectivity index (χ2v) is 12.5. The van der Waals surface area contributed by atoms with Crippen molar-refractivity contribution in [3.63, 3.8) is 0 Å². The standard InChI is InChI=1S/C34H45N7O3/c1-23-7-9-24(10-8-23)22-37-33-39-32(40-34(41-33)38-30-28-18-25-17-26(20-28)21-29(30)19-25)36-12-14-44-16-15-43-13-11-35-31(42)27-5-3-2-4-6-27/h2-10,25-26,28-30H,11-22H2,1H3,(H,35,42)(H3,36,37,38,39,40,41). The van der Waals surface area contributed by atoms with Crippen molar-refractivity contribution < 1.29 is 14.3 Å². The Kier molecular flexibility index (Phi) is 10.2. The maximum Gasteiger partial charge on any atom is 0.251 e. The third-order valence-electron chi connectivity index (χ3n) is 9.20. The zero-order valence-electron chi connectivity index (χ0n) is 25.6. The van der Waals surface area contributed by atoms with Gasteiger partial charge >= 0.3 is 0 Å². The van der Waals surface area contributed by atoms with Crippen LogP contribution in [-0.4, -0.2) is 66.4 Å². The minimum absolute atomic E-state index is 0.0974. The van der Waals surface area contributed by atoms with Crippen molar-refractivity contribution in [2.75, 3.05) is 55.5 Å². The first kappa shape index (κ1) is 30.3. The molecule has 1 amide bonds. The van der Waals surface area contributed by atoms with Gasteiger partial charge in [-0.3, -0.25) is 4.79 Å². The van der Waals surface area contributed by atoms with Crippen molar-refractivity contribution in [3.05, 3.63) is 71.3 Å². The zero-order valence-corrected chi connectivity index (χ0v) is 25.6. The van der Waals surface area contributed by atoms with Crippen LogP contribution in [0, 0.1) is 30.6 Å². The van der Waals surface area contributed by atoms with Gasteiger partial charge in [-0.25, -0.2) is 0 Å². The lowest BCUT2D eigenvalue weighted by atomic mass is 9.54. The molecule has 0 aliphatic heterocycles. The summed E-state index contributed by atoms with van der Waals surface area (Å²) in [4.78, 5) is 26.3. The van der Waals surface area contributed by atoms with Crippen LogP contribution in [0.4, 0.5) is 17.8 Å². The maximum atomic E-state index is 12.1. The van der Waals surface area contributed by atoms with Gasteiger partial charge in [-0.05, 0) is 80.4 Å². The van der Waals surface area contributed by atoms with Crippen LogP contribution in [0.1, 0.15) is 53.6 Å². The van der Waals surface area contributed by atoms with Crippen molar-refractivity contribution in [2.45, 2.75) is 51.6 Å². The molecule has 4 aliphatic rings. The highest BCUT2D eigenvalue weighted by Crippen LogP contribution is 2.54. The second-order valence-electron chi connectivity index (χ2n) is 12.5. The fraction of sp³-hybridized carbons (Fsp3) is 0.529. The predicted octanol–water partition coefficient (Wildman–Crippen LogP) is 4.90. The van der Waals surface area contributed by atoms with Crippen molar-refractivity contribution >= 4 is 23.8 Å². The quantitative estimate of drug-likeness (QED) is 0.170. The number of nitrogens with zero attached hydrogens (tertiary/aromatic N) is 3. The van der Waals surface area contributed by atoms with E-state index in [-0.39, 0.29) is 5.91 Å². The number of rotatable bonds is 16. The Balaban J connectivity index is 0.952. The SMILES string of the molecule is Cc1ccc(CNc2nc(NCCOCCOCCNC(=O)c3ccccc3)nc(NC3C4CC5CC(C4)CC3C5)n2)cc1. The van der Waals surface area contributed by atoms with Crippen LogP contribution in [0.15, 0.2) is 54.6 Å².